The van der Waals surface area contributed by atoms with E-state index in [-0.39, 0.29) is 45.1 Å². The summed E-state index contributed by atoms with van der Waals surface area (Å²) in [6.07, 6.45) is 0.209. The van der Waals surface area contributed by atoms with E-state index < -0.39 is 40.0 Å². The molecule has 3 rings (SSSR count). The standard InChI is InChI=1S/C33H41Cl2N3O8S/c1-9-26(32(40)36-33(2,3)4)37(19-23-24(34)11-10-12-25(23)35)31(39)20-38(27-17-21(43-5)13-15-28(27)44-6)47(41,42)22-14-16-29(45-7)30(18-22)46-8/h10-18,26H,9,19-20H2,1-8H3,(H,36,40). The summed E-state index contributed by atoms with van der Waals surface area (Å²) in [5, 5.41) is 3.49. The van der Waals surface area contributed by atoms with E-state index in [0.717, 1.165) is 4.31 Å². The predicted octanol–water partition coefficient (Wildman–Crippen LogP) is 5.95. The molecular weight excluding hydrogens is 669 g/mol. The van der Waals surface area contributed by atoms with Crippen molar-refractivity contribution >= 4 is 50.7 Å². The molecule has 47 heavy (non-hydrogen) atoms. The number of sulfonamides is 1. The van der Waals surface area contributed by atoms with Crippen molar-refractivity contribution < 1.29 is 37.0 Å². The molecule has 0 heterocycles. The minimum Gasteiger partial charge on any atom is -0.497 e. The van der Waals surface area contributed by atoms with E-state index in [1.165, 1.54) is 63.7 Å². The van der Waals surface area contributed by atoms with Crippen LogP contribution in [0, 0.1) is 0 Å². The second-order valence-corrected chi connectivity index (χ2v) is 14.1. The fraction of sp³-hybridized carbons (Fsp3) is 0.394. The van der Waals surface area contributed by atoms with Crippen molar-refractivity contribution in [2.75, 3.05) is 39.3 Å². The Morgan fingerprint density at radius 2 is 1.45 bits per heavy atom. The molecule has 1 atom stereocenters. The highest BCUT2D eigenvalue weighted by Crippen LogP contribution is 2.38. The van der Waals surface area contributed by atoms with Gasteiger partial charge in [0, 0.05) is 39.8 Å². The quantitative estimate of drug-likeness (QED) is 0.218. The SMILES string of the molecule is CCC(C(=O)NC(C)(C)C)N(Cc1c(Cl)cccc1Cl)C(=O)CN(c1cc(OC)ccc1OC)S(=O)(=O)c1ccc(OC)c(OC)c1. The molecule has 0 aromatic heterocycles. The van der Waals surface area contributed by atoms with Crippen molar-refractivity contribution in [3.05, 3.63) is 70.2 Å². The van der Waals surface area contributed by atoms with Crippen molar-refractivity contribution in [2.45, 2.75) is 57.1 Å². The normalized spacial score (nSPS) is 12.1. The van der Waals surface area contributed by atoms with Crippen LogP contribution in [0.4, 0.5) is 5.69 Å². The third kappa shape index (κ3) is 8.94. The predicted molar refractivity (Wildman–Crippen MR) is 183 cm³/mol. The Bertz CT molecular complexity index is 1680. The monoisotopic (exact) mass is 709 g/mol. The second kappa shape index (κ2) is 15.8. The Kier molecular flexibility index (Phi) is 12.6. The molecule has 0 aliphatic carbocycles. The maximum atomic E-state index is 14.5. The molecule has 11 nitrogen and oxygen atoms in total. The van der Waals surface area contributed by atoms with Gasteiger partial charge in [-0.05, 0) is 63.6 Å². The number of hydrogen-bond acceptors (Lipinski definition) is 8. The fourth-order valence-electron chi connectivity index (χ4n) is 4.84. The van der Waals surface area contributed by atoms with E-state index >= 15 is 0 Å². The van der Waals surface area contributed by atoms with Crippen LogP contribution in [0.25, 0.3) is 0 Å². The summed E-state index contributed by atoms with van der Waals surface area (Å²) in [6, 6.07) is 12.6. The van der Waals surface area contributed by atoms with Gasteiger partial charge in [-0.15, -0.1) is 0 Å². The fourth-order valence-corrected chi connectivity index (χ4v) is 6.78. The highest BCUT2D eigenvalue weighted by atomic mass is 35.5. The molecule has 1 N–H and O–H groups in total. The molecule has 3 aromatic carbocycles. The van der Waals surface area contributed by atoms with Crippen molar-refractivity contribution in [3.8, 4) is 23.0 Å². The number of halogens is 2. The summed E-state index contributed by atoms with van der Waals surface area (Å²) in [7, 11) is 1.11. The second-order valence-electron chi connectivity index (χ2n) is 11.5. The zero-order valence-corrected chi connectivity index (χ0v) is 30.0. The lowest BCUT2D eigenvalue weighted by Gasteiger charge is -2.35. The Morgan fingerprint density at radius 3 is 1.98 bits per heavy atom. The zero-order valence-electron chi connectivity index (χ0n) is 27.7. The molecule has 0 spiro atoms. The molecule has 14 heteroatoms. The van der Waals surface area contributed by atoms with Crippen LogP contribution >= 0.6 is 23.2 Å². The highest BCUT2D eigenvalue weighted by molar-refractivity contribution is 7.92. The third-order valence-corrected chi connectivity index (χ3v) is 9.61. The van der Waals surface area contributed by atoms with Crippen LogP contribution in [0.1, 0.15) is 39.7 Å². The van der Waals surface area contributed by atoms with Crippen LogP contribution in [-0.4, -0.2) is 71.7 Å². The summed E-state index contributed by atoms with van der Waals surface area (Å²) in [6.45, 7) is 6.31. The minimum atomic E-state index is -4.51. The molecule has 3 aromatic rings. The number of nitrogens with zero attached hydrogens (tertiary/aromatic N) is 2. The topological polar surface area (TPSA) is 124 Å². The number of amides is 2. The molecule has 0 fully saturated rings. The van der Waals surface area contributed by atoms with Crippen LogP contribution < -0.4 is 28.6 Å². The average molecular weight is 711 g/mol. The van der Waals surface area contributed by atoms with Crippen molar-refractivity contribution in [2.24, 2.45) is 0 Å². The van der Waals surface area contributed by atoms with E-state index in [4.69, 9.17) is 42.1 Å². The van der Waals surface area contributed by atoms with Gasteiger partial charge in [-0.3, -0.25) is 13.9 Å². The lowest BCUT2D eigenvalue weighted by atomic mass is 10.1. The number of carbonyl (C=O) groups is 2. The summed E-state index contributed by atoms with van der Waals surface area (Å²) >= 11 is 13.0. The number of anilines is 1. The van der Waals surface area contributed by atoms with Gasteiger partial charge in [0.1, 0.15) is 24.1 Å². The minimum absolute atomic E-state index is 0.0258. The first-order valence-electron chi connectivity index (χ1n) is 14.6. The van der Waals surface area contributed by atoms with Crippen LogP contribution in [0.3, 0.4) is 0 Å². The zero-order chi connectivity index (χ0) is 35.1. The van der Waals surface area contributed by atoms with Crippen molar-refractivity contribution in [1.29, 1.82) is 0 Å². The number of benzene rings is 3. The molecule has 1 unspecified atom stereocenters. The number of nitrogens with one attached hydrogen (secondary N) is 1. The molecule has 0 saturated heterocycles. The summed E-state index contributed by atoms with van der Waals surface area (Å²) in [5.74, 6) is -0.184. The van der Waals surface area contributed by atoms with E-state index in [1.54, 1.807) is 31.2 Å². The van der Waals surface area contributed by atoms with Crippen LogP contribution in [0.5, 0.6) is 23.0 Å². The first kappa shape index (κ1) is 37.6. The van der Waals surface area contributed by atoms with E-state index in [9.17, 15) is 18.0 Å². The van der Waals surface area contributed by atoms with E-state index in [2.05, 4.69) is 5.32 Å². The number of carbonyl (C=O) groups excluding carboxylic acids is 2. The third-order valence-electron chi connectivity index (χ3n) is 7.15. The number of methoxy groups -OCH3 is 4. The van der Waals surface area contributed by atoms with Gasteiger partial charge >= 0.3 is 0 Å². The number of rotatable bonds is 14. The van der Waals surface area contributed by atoms with E-state index in [1.807, 2.05) is 20.8 Å². The maximum absolute atomic E-state index is 14.5. The molecule has 0 bridgehead atoms. The smallest absolute Gasteiger partial charge is 0.265 e. The highest BCUT2D eigenvalue weighted by Gasteiger charge is 2.36. The number of ether oxygens (including phenoxy) is 4. The van der Waals surface area contributed by atoms with Gasteiger partial charge in [-0.25, -0.2) is 8.42 Å². The Balaban J connectivity index is 2.25. The summed E-state index contributed by atoms with van der Waals surface area (Å²) < 4.78 is 51.5. The van der Waals surface area contributed by atoms with Gasteiger partial charge in [0.2, 0.25) is 11.8 Å². The maximum Gasteiger partial charge on any atom is 0.265 e. The molecule has 0 aliphatic rings. The van der Waals surface area contributed by atoms with Gasteiger partial charge < -0.3 is 29.2 Å². The van der Waals surface area contributed by atoms with Crippen LogP contribution in [-0.2, 0) is 26.2 Å². The lowest BCUT2D eigenvalue weighted by Crippen LogP contribution is -2.55. The van der Waals surface area contributed by atoms with E-state index in [0.29, 0.717) is 17.1 Å². The van der Waals surface area contributed by atoms with Gasteiger partial charge in [0.05, 0.1) is 39.0 Å². The Labute approximate surface area is 286 Å². The van der Waals surface area contributed by atoms with Gasteiger partial charge in [0.15, 0.2) is 11.5 Å². The molecule has 0 aliphatic heterocycles. The lowest BCUT2D eigenvalue weighted by molar-refractivity contribution is -0.141. The van der Waals surface area contributed by atoms with Crippen molar-refractivity contribution in [3.63, 3.8) is 0 Å². The van der Waals surface area contributed by atoms with Crippen molar-refractivity contribution in [1.82, 2.24) is 10.2 Å². The number of hydrogen-bond donors (Lipinski definition) is 1. The average Bonchev–Trinajstić information content (AvgIpc) is 3.03. The molecule has 2 amide bonds. The van der Waals surface area contributed by atoms with Crippen LogP contribution in [0.2, 0.25) is 10.0 Å². The first-order valence-corrected chi connectivity index (χ1v) is 16.8. The van der Waals surface area contributed by atoms with Gasteiger partial charge in [-0.1, -0.05) is 36.2 Å². The van der Waals surface area contributed by atoms with Crippen LogP contribution in [0.15, 0.2) is 59.5 Å². The summed E-state index contributed by atoms with van der Waals surface area (Å²) in [5.41, 5.74) is -0.185. The summed E-state index contributed by atoms with van der Waals surface area (Å²) in [4.78, 5) is 29.2. The molecule has 256 valence electrons. The molecular formula is C33H41Cl2N3O8S. The largest absolute Gasteiger partial charge is 0.497 e. The first-order chi connectivity index (χ1) is 22.1. The molecule has 0 saturated carbocycles. The Morgan fingerprint density at radius 1 is 0.851 bits per heavy atom. The van der Waals surface area contributed by atoms with Gasteiger partial charge in [-0.2, -0.15) is 0 Å². The van der Waals surface area contributed by atoms with Gasteiger partial charge in [0.25, 0.3) is 10.0 Å². The molecule has 0 radical (unpaired) electrons. The Hall–Kier alpha value is -3.87.